The molecule has 0 aliphatic heterocycles. The molecule has 1 amide bonds. The molecule has 0 bridgehead atoms. The summed E-state index contributed by atoms with van der Waals surface area (Å²) in [5.74, 6) is -1.56. The highest BCUT2D eigenvalue weighted by atomic mass is 127. The van der Waals surface area contributed by atoms with Gasteiger partial charge in [0.25, 0.3) is 5.91 Å². The molecule has 0 aromatic heterocycles. The number of aliphatic hydroxyl groups excluding tert-OH is 1. The number of carboxylic acids is 1. The molecule has 6 heteroatoms. The average Bonchev–Trinajstić information content (AvgIpc) is 2.29. The third-order valence-electron chi connectivity index (χ3n) is 2.09. The van der Waals surface area contributed by atoms with Gasteiger partial charge in [-0.3, -0.25) is 4.79 Å². The summed E-state index contributed by atoms with van der Waals surface area (Å²) >= 11 is 2.13. The molecule has 0 unspecified atom stereocenters. The van der Waals surface area contributed by atoms with E-state index in [0.717, 1.165) is 3.57 Å². The van der Waals surface area contributed by atoms with Gasteiger partial charge < -0.3 is 15.5 Å². The SMILES string of the molecule is O=C(NCC[C@H](O)C(=O)O)c1ccc(I)cc1. The standard InChI is InChI=1S/C11H12INO4/c12-8-3-1-7(2-4-8)10(15)13-6-5-9(14)11(16)17/h1-4,9,14H,5-6H2,(H,13,15)(H,16,17)/t9-/m0/s1. The monoisotopic (exact) mass is 349 g/mol. The number of halogens is 1. The van der Waals surface area contributed by atoms with Crippen LogP contribution in [0.25, 0.3) is 0 Å². The molecule has 92 valence electrons. The molecule has 0 saturated heterocycles. The fourth-order valence-corrected chi connectivity index (χ4v) is 1.51. The van der Waals surface area contributed by atoms with E-state index >= 15 is 0 Å². The van der Waals surface area contributed by atoms with E-state index < -0.39 is 12.1 Å². The second kappa shape index (κ2) is 6.55. The minimum Gasteiger partial charge on any atom is -0.479 e. The Hall–Kier alpha value is -1.15. The van der Waals surface area contributed by atoms with Gasteiger partial charge in [-0.1, -0.05) is 0 Å². The number of hydrogen-bond acceptors (Lipinski definition) is 3. The number of carboxylic acid groups (broad SMARTS) is 1. The molecule has 0 fully saturated rings. The molecular weight excluding hydrogens is 337 g/mol. The van der Waals surface area contributed by atoms with Crippen molar-refractivity contribution in [3.05, 3.63) is 33.4 Å². The summed E-state index contributed by atoms with van der Waals surface area (Å²) in [7, 11) is 0. The molecule has 1 aromatic carbocycles. The van der Waals surface area contributed by atoms with E-state index in [9.17, 15) is 9.59 Å². The largest absolute Gasteiger partial charge is 0.479 e. The maximum absolute atomic E-state index is 11.6. The number of benzene rings is 1. The summed E-state index contributed by atoms with van der Waals surface area (Å²) in [6.07, 6.45) is -1.45. The molecule has 0 radical (unpaired) electrons. The normalized spacial score (nSPS) is 11.9. The van der Waals surface area contributed by atoms with Gasteiger partial charge in [0.15, 0.2) is 6.10 Å². The summed E-state index contributed by atoms with van der Waals surface area (Å²) in [4.78, 5) is 21.9. The van der Waals surface area contributed by atoms with Crippen molar-refractivity contribution in [2.75, 3.05) is 6.54 Å². The Morgan fingerprint density at radius 1 is 1.29 bits per heavy atom. The molecule has 3 N–H and O–H groups in total. The Morgan fingerprint density at radius 2 is 1.88 bits per heavy atom. The highest BCUT2D eigenvalue weighted by molar-refractivity contribution is 14.1. The third-order valence-corrected chi connectivity index (χ3v) is 2.81. The molecular formula is C11H12INO4. The number of hydrogen-bond donors (Lipinski definition) is 3. The maximum atomic E-state index is 11.6. The average molecular weight is 349 g/mol. The molecule has 0 heterocycles. The quantitative estimate of drug-likeness (QED) is 0.688. The van der Waals surface area contributed by atoms with E-state index in [4.69, 9.17) is 10.2 Å². The number of nitrogens with one attached hydrogen (secondary N) is 1. The predicted octanol–water partition coefficient (Wildman–Crippen LogP) is 0.857. The minimum absolute atomic E-state index is 0.00849. The van der Waals surface area contributed by atoms with Crippen LogP contribution in [0, 0.1) is 3.57 Å². The van der Waals surface area contributed by atoms with Crippen molar-refractivity contribution >= 4 is 34.5 Å². The van der Waals surface area contributed by atoms with Gasteiger partial charge in [0, 0.05) is 22.1 Å². The number of aliphatic hydroxyl groups is 1. The van der Waals surface area contributed by atoms with Crippen LogP contribution in [-0.2, 0) is 4.79 Å². The zero-order chi connectivity index (χ0) is 12.8. The summed E-state index contributed by atoms with van der Waals surface area (Å²) in [5.41, 5.74) is 0.509. The fourth-order valence-electron chi connectivity index (χ4n) is 1.15. The molecule has 1 atom stereocenters. The van der Waals surface area contributed by atoms with Crippen molar-refractivity contribution < 1.29 is 19.8 Å². The first-order chi connectivity index (χ1) is 8.00. The Labute approximate surface area is 112 Å². The first kappa shape index (κ1) is 13.9. The van der Waals surface area contributed by atoms with Crippen molar-refractivity contribution in [1.29, 1.82) is 0 Å². The van der Waals surface area contributed by atoms with Crippen molar-refractivity contribution in [3.8, 4) is 0 Å². The first-order valence-corrected chi connectivity index (χ1v) is 6.03. The minimum atomic E-state index is -1.44. The van der Waals surface area contributed by atoms with Gasteiger partial charge in [-0.05, 0) is 46.9 Å². The molecule has 1 rings (SSSR count). The van der Waals surface area contributed by atoms with Crippen LogP contribution in [0.5, 0.6) is 0 Å². The van der Waals surface area contributed by atoms with Crippen LogP contribution in [0.3, 0.4) is 0 Å². The van der Waals surface area contributed by atoms with Crippen molar-refractivity contribution in [1.82, 2.24) is 5.32 Å². The molecule has 5 nitrogen and oxygen atoms in total. The number of aliphatic carboxylic acids is 1. The van der Waals surface area contributed by atoms with Crippen LogP contribution in [-0.4, -0.2) is 34.7 Å². The molecule has 0 aliphatic carbocycles. The van der Waals surface area contributed by atoms with Gasteiger partial charge in [0.05, 0.1) is 0 Å². The second-order valence-electron chi connectivity index (χ2n) is 3.41. The van der Waals surface area contributed by atoms with Gasteiger partial charge in [0.1, 0.15) is 0 Å². The lowest BCUT2D eigenvalue weighted by Crippen LogP contribution is -2.30. The van der Waals surface area contributed by atoms with Crippen LogP contribution < -0.4 is 5.32 Å². The summed E-state index contributed by atoms with van der Waals surface area (Å²) in [6.45, 7) is 0.123. The summed E-state index contributed by atoms with van der Waals surface area (Å²) < 4.78 is 1.03. The maximum Gasteiger partial charge on any atom is 0.332 e. The summed E-state index contributed by atoms with van der Waals surface area (Å²) in [5, 5.41) is 20.0. The van der Waals surface area contributed by atoms with Crippen LogP contribution in [0.1, 0.15) is 16.8 Å². The number of rotatable bonds is 5. The Balaban J connectivity index is 2.40. The van der Waals surface area contributed by atoms with Crippen molar-refractivity contribution in [2.45, 2.75) is 12.5 Å². The zero-order valence-electron chi connectivity index (χ0n) is 8.89. The highest BCUT2D eigenvalue weighted by Gasteiger charge is 2.13. The first-order valence-electron chi connectivity index (χ1n) is 4.95. The second-order valence-corrected chi connectivity index (χ2v) is 4.65. The van der Waals surface area contributed by atoms with Crippen LogP contribution in [0.2, 0.25) is 0 Å². The van der Waals surface area contributed by atoms with Crippen molar-refractivity contribution in [2.24, 2.45) is 0 Å². The lowest BCUT2D eigenvalue weighted by molar-refractivity contribution is -0.146. The molecule has 0 spiro atoms. The van der Waals surface area contributed by atoms with Gasteiger partial charge in [0.2, 0.25) is 0 Å². The Kier molecular flexibility index (Phi) is 5.36. The smallest absolute Gasteiger partial charge is 0.332 e. The van der Waals surface area contributed by atoms with Crippen LogP contribution >= 0.6 is 22.6 Å². The van der Waals surface area contributed by atoms with E-state index in [0.29, 0.717) is 5.56 Å². The lowest BCUT2D eigenvalue weighted by Gasteiger charge is -2.07. The topological polar surface area (TPSA) is 86.6 Å². The molecule has 17 heavy (non-hydrogen) atoms. The zero-order valence-corrected chi connectivity index (χ0v) is 11.0. The predicted molar refractivity (Wildman–Crippen MR) is 69.8 cm³/mol. The van der Waals surface area contributed by atoms with Gasteiger partial charge in [-0.25, -0.2) is 4.79 Å². The number of carbonyl (C=O) groups is 2. The highest BCUT2D eigenvalue weighted by Crippen LogP contribution is 2.06. The van der Waals surface area contributed by atoms with E-state index in [-0.39, 0.29) is 18.9 Å². The van der Waals surface area contributed by atoms with E-state index in [2.05, 4.69) is 27.9 Å². The number of amides is 1. The van der Waals surface area contributed by atoms with Crippen LogP contribution in [0.4, 0.5) is 0 Å². The van der Waals surface area contributed by atoms with E-state index in [1.165, 1.54) is 0 Å². The fraction of sp³-hybridized carbons (Fsp3) is 0.273. The molecule has 1 aromatic rings. The Morgan fingerprint density at radius 3 is 2.41 bits per heavy atom. The molecule has 0 aliphatic rings. The van der Waals surface area contributed by atoms with Gasteiger partial charge >= 0.3 is 5.97 Å². The lowest BCUT2D eigenvalue weighted by atomic mass is 10.2. The van der Waals surface area contributed by atoms with Crippen LogP contribution in [0.15, 0.2) is 24.3 Å². The van der Waals surface area contributed by atoms with Gasteiger partial charge in [-0.15, -0.1) is 0 Å². The third kappa shape index (κ3) is 4.70. The number of carbonyl (C=O) groups excluding carboxylic acids is 1. The van der Waals surface area contributed by atoms with Gasteiger partial charge in [-0.2, -0.15) is 0 Å². The van der Waals surface area contributed by atoms with Crippen molar-refractivity contribution in [3.63, 3.8) is 0 Å². The van der Waals surface area contributed by atoms with E-state index in [1.54, 1.807) is 12.1 Å². The molecule has 0 saturated carbocycles. The summed E-state index contributed by atoms with van der Waals surface area (Å²) in [6, 6.07) is 6.98. The van der Waals surface area contributed by atoms with E-state index in [1.807, 2.05) is 12.1 Å². The Bertz CT molecular complexity index is 404.